The first-order valence-corrected chi connectivity index (χ1v) is 5.68. The Balaban J connectivity index is 2.80. The third-order valence-electron chi connectivity index (χ3n) is 1.80. The van der Waals surface area contributed by atoms with Gasteiger partial charge in [0, 0.05) is 5.69 Å². The van der Waals surface area contributed by atoms with Gasteiger partial charge in [-0.1, -0.05) is 0 Å². The first-order valence-electron chi connectivity index (χ1n) is 4.37. The third-order valence-corrected chi connectivity index (χ3v) is 2.65. The highest BCUT2D eigenvalue weighted by Gasteiger charge is 2.08. The van der Waals surface area contributed by atoms with E-state index >= 15 is 0 Å². The molecule has 1 atom stereocenters. The molecule has 0 fully saturated rings. The summed E-state index contributed by atoms with van der Waals surface area (Å²) < 4.78 is 5.88. The number of benzene rings is 1. The van der Waals surface area contributed by atoms with Gasteiger partial charge in [0.15, 0.2) is 0 Å². The van der Waals surface area contributed by atoms with Crippen LogP contribution in [0, 0.1) is 0 Å². The van der Waals surface area contributed by atoms with Crippen molar-refractivity contribution in [1.82, 2.24) is 0 Å². The Morgan fingerprint density at radius 1 is 1.60 bits per heavy atom. The molecule has 3 nitrogen and oxygen atoms in total. The largest absolute Gasteiger partial charge is 0.496 e. The SMILES string of the molecule is COc1ccc(NC(=O)C(C)S)cc1Br. The predicted molar refractivity (Wildman–Crippen MR) is 67.8 cm³/mol. The van der Waals surface area contributed by atoms with E-state index in [2.05, 4.69) is 33.9 Å². The van der Waals surface area contributed by atoms with Crippen molar-refractivity contribution < 1.29 is 9.53 Å². The van der Waals surface area contributed by atoms with Crippen LogP contribution in [0.1, 0.15) is 6.92 Å². The topological polar surface area (TPSA) is 38.3 Å². The summed E-state index contributed by atoms with van der Waals surface area (Å²) >= 11 is 7.38. The number of thiol groups is 1. The Morgan fingerprint density at radius 2 is 2.27 bits per heavy atom. The summed E-state index contributed by atoms with van der Waals surface area (Å²) in [5, 5.41) is 2.40. The van der Waals surface area contributed by atoms with Crippen molar-refractivity contribution in [2.75, 3.05) is 12.4 Å². The second-order valence-corrected chi connectivity index (χ2v) is 4.64. The molecule has 0 aliphatic rings. The summed E-state index contributed by atoms with van der Waals surface area (Å²) in [5.74, 6) is 0.599. The number of amides is 1. The smallest absolute Gasteiger partial charge is 0.236 e. The number of rotatable bonds is 3. The Kier molecular flexibility index (Phi) is 4.47. The zero-order chi connectivity index (χ0) is 11.4. The minimum Gasteiger partial charge on any atom is -0.496 e. The number of hydrogen-bond acceptors (Lipinski definition) is 3. The van der Waals surface area contributed by atoms with Gasteiger partial charge in [-0.05, 0) is 41.1 Å². The van der Waals surface area contributed by atoms with Crippen LogP contribution >= 0.6 is 28.6 Å². The number of ether oxygens (including phenoxy) is 1. The number of methoxy groups -OCH3 is 1. The fourth-order valence-corrected chi connectivity index (χ4v) is 1.60. The van der Waals surface area contributed by atoms with Crippen LogP contribution < -0.4 is 10.1 Å². The van der Waals surface area contributed by atoms with Crippen molar-refractivity contribution >= 4 is 40.2 Å². The zero-order valence-corrected chi connectivity index (χ0v) is 10.9. The van der Waals surface area contributed by atoms with Crippen LogP contribution in [-0.4, -0.2) is 18.3 Å². The molecule has 0 aromatic heterocycles. The summed E-state index contributed by atoms with van der Waals surface area (Å²) in [5.41, 5.74) is 0.716. The van der Waals surface area contributed by atoms with Gasteiger partial charge in [-0.25, -0.2) is 0 Å². The maximum Gasteiger partial charge on any atom is 0.236 e. The first kappa shape index (κ1) is 12.4. The molecule has 1 amide bonds. The molecule has 1 unspecified atom stereocenters. The molecular weight excluding hydrogens is 278 g/mol. The molecule has 0 aliphatic heterocycles. The Hall–Kier alpha value is -0.680. The molecule has 0 radical (unpaired) electrons. The molecular formula is C10H12BrNO2S. The molecule has 0 saturated heterocycles. The van der Waals surface area contributed by atoms with E-state index in [1.165, 1.54) is 0 Å². The van der Waals surface area contributed by atoms with E-state index < -0.39 is 0 Å². The Labute approximate surface area is 103 Å². The molecule has 0 bridgehead atoms. The minimum atomic E-state index is -0.328. The predicted octanol–water partition coefficient (Wildman–Crippen LogP) is 2.71. The van der Waals surface area contributed by atoms with Crippen LogP contribution in [0.4, 0.5) is 5.69 Å². The van der Waals surface area contributed by atoms with Gasteiger partial charge >= 0.3 is 0 Å². The van der Waals surface area contributed by atoms with E-state index in [1.54, 1.807) is 32.2 Å². The minimum absolute atomic E-state index is 0.129. The number of anilines is 1. The van der Waals surface area contributed by atoms with Crippen molar-refractivity contribution in [2.45, 2.75) is 12.2 Å². The Morgan fingerprint density at radius 3 is 2.73 bits per heavy atom. The summed E-state index contributed by atoms with van der Waals surface area (Å²) in [4.78, 5) is 11.3. The molecule has 82 valence electrons. The van der Waals surface area contributed by atoms with Crippen LogP contribution in [-0.2, 0) is 4.79 Å². The van der Waals surface area contributed by atoms with Gasteiger partial charge in [0.05, 0.1) is 16.8 Å². The van der Waals surface area contributed by atoms with Gasteiger partial charge in [-0.3, -0.25) is 4.79 Å². The highest BCUT2D eigenvalue weighted by atomic mass is 79.9. The summed E-state index contributed by atoms with van der Waals surface area (Å²) in [6, 6.07) is 5.34. The summed E-state index contributed by atoms with van der Waals surface area (Å²) in [7, 11) is 1.59. The van der Waals surface area contributed by atoms with E-state index in [0.29, 0.717) is 5.69 Å². The molecule has 1 aromatic carbocycles. The van der Waals surface area contributed by atoms with Gasteiger partial charge < -0.3 is 10.1 Å². The van der Waals surface area contributed by atoms with Gasteiger partial charge in [-0.2, -0.15) is 12.6 Å². The van der Waals surface area contributed by atoms with Crippen molar-refractivity contribution in [2.24, 2.45) is 0 Å². The second-order valence-electron chi connectivity index (χ2n) is 3.01. The lowest BCUT2D eigenvalue weighted by Crippen LogP contribution is -2.20. The van der Waals surface area contributed by atoms with Crippen molar-refractivity contribution in [1.29, 1.82) is 0 Å². The molecule has 1 rings (SSSR count). The van der Waals surface area contributed by atoms with Crippen LogP contribution in [0.3, 0.4) is 0 Å². The van der Waals surface area contributed by atoms with E-state index in [0.717, 1.165) is 10.2 Å². The molecule has 1 N–H and O–H groups in total. The molecule has 0 spiro atoms. The molecule has 15 heavy (non-hydrogen) atoms. The maximum absolute atomic E-state index is 11.3. The zero-order valence-electron chi connectivity index (χ0n) is 8.45. The number of carbonyl (C=O) groups is 1. The van der Waals surface area contributed by atoms with E-state index in [9.17, 15) is 4.79 Å². The van der Waals surface area contributed by atoms with Gasteiger partial charge in [0.25, 0.3) is 0 Å². The normalized spacial score (nSPS) is 12.0. The van der Waals surface area contributed by atoms with Crippen LogP contribution in [0.5, 0.6) is 5.75 Å². The number of carbonyl (C=O) groups excluding carboxylic acids is 1. The first-order chi connectivity index (χ1) is 7.04. The molecule has 1 aromatic rings. The number of halogens is 1. The van der Waals surface area contributed by atoms with E-state index in [4.69, 9.17) is 4.74 Å². The average molecular weight is 290 g/mol. The molecule has 0 aliphatic carbocycles. The summed E-state index contributed by atoms with van der Waals surface area (Å²) in [6.45, 7) is 1.72. The lowest BCUT2D eigenvalue weighted by atomic mass is 10.3. The van der Waals surface area contributed by atoms with Gasteiger partial charge in [0.1, 0.15) is 5.75 Å². The highest BCUT2D eigenvalue weighted by Crippen LogP contribution is 2.27. The van der Waals surface area contributed by atoms with Crippen molar-refractivity contribution in [3.63, 3.8) is 0 Å². The highest BCUT2D eigenvalue weighted by molar-refractivity contribution is 9.10. The average Bonchev–Trinajstić information content (AvgIpc) is 2.18. The maximum atomic E-state index is 11.3. The fraction of sp³-hybridized carbons (Fsp3) is 0.300. The monoisotopic (exact) mass is 289 g/mol. The number of nitrogens with one attached hydrogen (secondary N) is 1. The lowest BCUT2D eigenvalue weighted by Gasteiger charge is -2.09. The van der Waals surface area contributed by atoms with Crippen LogP contribution in [0.15, 0.2) is 22.7 Å². The molecule has 0 saturated carbocycles. The van der Waals surface area contributed by atoms with Crippen LogP contribution in [0.25, 0.3) is 0 Å². The van der Waals surface area contributed by atoms with E-state index in [-0.39, 0.29) is 11.2 Å². The third kappa shape index (κ3) is 3.43. The lowest BCUT2D eigenvalue weighted by molar-refractivity contribution is -0.115. The second kappa shape index (κ2) is 5.42. The molecule has 0 heterocycles. The van der Waals surface area contributed by atoms with Gasteiger partial charge in [0.2, 0.25) is 5.91 Å². The molecule has 5 heteroatoms. The van der Waals surface area contributed by atoms with Gasteiger partial charge in [-0.15, -0.1) is 0 Å². The summed E-state index contributed by atoms with van der Waals surface area (Å²) in [6.07, 6.45) is 0. The fourth-order valence-electron chi connectivity index (χ4n) is 0.991. The Bertz CT molecular complexity index is 368. The number of hydrogen-bond donors (Lipinski definition) is 2. The quantitative estimate of drug-likeness (QED) is 0.840. The van der Waals surface area contributed by atoms with Crippen molar-refractivity contribution in [3.8, 4) is 5.75 Å². The van der Waals surface area contributed by atoms with Crippen molar-refractivity contribution in [3.05, 3.63) is 22.7 Å². The van der Waals surface area contributed by atoms with Crippen LogP contribution in [0.2, 0.25) is 0 Å². The standard InChI is InChI=1S/C10H12BrNO2S/c1-6(15)10(13)12-7-3-4-9(14-2)8(11)5-7/h3-6,15H,1-2H3,(H,12,13). The van der Waals surface area contributed by atoms with E-state index in [1.807, 2.05) is 0 Å².